The molecule has 0 aliphatic heterocycles. The van der Waals surface area contributed by atoms with E-state index < -0.39 is 16.9 Å². The lowest BCUT2D eigenvalue weighted by molar-refractivity contribution is -0.385. The monoisotopic (exact) mass is 397 g/mol. The maximum atomic E-state index is 12.2. The minimum atomic E-state index is -0.634. The molecule has 0 saturated heterocycles. The molecule has 2 rings (SSSR count). The SMILES string of the molecule is CC(C)c1ccc(C(N)CNC(=O)c2ccc(Cl)cc2[N+](=O)[O-])cc1.Cl. The van der Waals surface area contributed by atoms with Crippen molar-refractivity contribution in [1.29, 1.82) is 0 Å². The van der Waals surface area contributed by atoms with Crippen molar-refractivity contribution in [3.05, 3.63) is 74.3 Å². The standard InChI is InChI=1S/C18H20ClN3O3.ClH/c1-11(2)12-3-5-13(6-4-12)16(20)10-21-18(23)15-8-7-14(19)9-17(15)22(24)25;/h3-9,11,16H,10,20H2,1-2H3,(H,21,23);1H. The molecular formula is C18H21Cl2N3O3. The van der Waals surface area contributed by atoms with Gasteiger partial charge in [-0.3, -0.25) is 14.9 Å². The van der Waals surface area contributed by atoms with Crippen molar-refractivity contribution in [3.8, 4) is 0 Å². The first kappa shape index (κ1) is 21.9. The topological polar surface area (TPSA) is 98.3 Å². The molecule has 1 unspecified atom stereocenters. The summed E-state index contributed by atoms with van der Waals surface area (Å²) in [5, 5.41) is 13.9. The largest absolute Gasteiger partial charge is 0.350 e. The van der Waals surface area contributed by atoms with Gasteiger partial charge in [0, 0.05) is 23.7 Å². The van der Waals surface area contributed by atoms with E-state index in [0.29, 0.717) is 5.92 Å². The van der Waals surface area contributed by atoms with Crippen LogP contribution < -0.4 is 11.1 Å². The number of nitrogens with one attached hydrogen (secondary N) is 1. The lowest BCUT2D eigenvalue weighted by atomic mass is 9.99. The van der Waals surface area contributed by atoms with Crippen LogP contribution in [0.1, 0.15) is 47.3 Å². The van der Waals surface area contributed by atoms with Crippen LogP contribution >= 0.6 is 24.0 Å². The van der Waals surface area contributed by atoms with E-state index in [1.807, 2.05) is 24.3 Å². The van der Waals surface area contributed by atoms with Gasteiger partial charge in [-0.1, -0.05) is 49.7 Å². The fraction of sp³-hybridized carbons (Fsp3) is 0.278. The van der Waals surface area contributed by atoms with E-state index in [4.69, 9.17) is 17.3 Å². The smallest absolute Gasteiger partial charge is 0.283 e. The number of nitro benzene ring substituents is 1. The number of amides is 1. The zero-order valence-corrected chi connectivity index (χ0v) is 16.0. The van der Waals surface area contributed by atoms with E-state index in [-0.39, 0.29) is 35.2 Å². The Morgan fingerprint density at radius 1 is 1.19 bits per heavy atom. The number of nitrogens with zero attached hydrogens (tertiary/aromatic N) is 1. The Balaban J connectivity index is 0.00000338. The maximum absolute atomic E-state index is 12.2. The number of halogens is 2. The molecule has 6 nitrogen and oxygen atoms in total. The Hall–Kier alpha value is -2.15. The molecule has 3 N–H and O–H groups in total. The molecule has 0 spiro atoms. The third-order valence-corrected chi connectivity index (χ3v) is 4.15. The second kappa shape index (κ2) is 9.52. The molecule has 0 aromatic heterocycles. The van der Waals surface area contributed by atoms with Gasteiger partial charge in [0.15, 0.2) is 0 Å². The zero-order chi connectivity index (χ0) is 18.6. The number of nitrogens with two attached hydrogens (primary N) is 1. The zero-order valence-electron chi connectivity index (χ0n) is 14.4. The predicted octanol–water partition coefficient (Wildman–Crippen LogP) is 4.22. The molecule has 0 saturated carbocycles. The first-order valence-electron chi connectivity index (χ1n) is 7.87. The number of carbonyl (C=O) groups is 1. The van der Waals surface area contributed by atoms with E-state index in [2.05, 4.69) is 19.2 Å². The number of carbonyl (C=O) groups excluding carboxylic acids is 1. The Bertz CT molecular complexity index is 780. The van der Waals surface area contributed by atoms with Crippen LogP contribution in [0.15, 0.2) is 42.5 Å². The Morgan fingerprint density at radius 3 is 2.31 bits per heavy atom. The molecule has 0 aliphatic rings. The van der Waals surface area contributed by atoms with Gasteiger partial charge in [0.25, 0.3) is 11.6 Å². The van der Waals surface area contributed by atoms with Crippen molar-refractivity contribution in [2.75, 3.05) is 6.54 Å². The molecule has 1 amide bonds. The normalized spacial score (nSPS) is 11.6. The average molecular weight is 398 g/mol. The average Bonchev–Trinajstić information content (AvgIpc) is 2.59. The lowest BCUT2D eigenvalue weighted by Gasteiger charge is -2.14. The fourth-order valence-corrected chi connectivity index (χ4v) is 2.56. The number of nitro groups is 1. The number of benzene rings is 2. The van der Waals surface area contributed by atoms with Gasteiger partial charge in [-0.25, -0.2) is 0 Å². The summed E-state index contributed by atoms with van der Waals surface area (Å²) in [6.45, 7) is 4.38. The molecule has 26 heavy (non-hydrogen) atoms. The van der Waals surface area contributed by atoms with E-state index in [9.17, 15) is 14.9 Å². The molecule has 8 heteroatoms. The summed E-state index contributed by atoms with van der Waals surface area (Å²) in [6.07, 6.45) is 0. The molecule has 2 aromatic carbocycles. The van der Waals surface area contributed by atoms with Gasteiger partial charge in [-0.2, -0.15) is 0 Å². The summed E-state index contributed by atoms with van der Waals surface area (Å²) < 4.78 is 0. The van der Waals surface area contributed by atoms with Crippen LogP contribution in [0.3, 0.4) is 0 Å². The molecule has 0 fully saturated rings. The summed E-state index contributed by atoms with van der Waals surface area (Å²) in [6, 6.07) is 11.4. The third-order valence-electron chi connectivity index (χ3n) is 3.91. The van der Waals surface area contributed by atoms with E-state index in [1.54, 1.807) is 0 Å². The van der Waals surface area contributed by atoms with Gasteiger partial charge in [-0.05, 0) is 29.2 Å². The lowest BCUT2D eigenvalue weighted by Crippen LogP contribution is -2.32. The molecule has 0 radical (unpaired) electrons. The second-order valence-electron chi connectivity index (χ2n) is 6.06. The highest BCUT2D eigenvalue weighted by Crippen LogP contribution is 2.23. The van der Waals surface area contributed by atoms with Crippen molar-refractivity contribution >= 4 is 35.6 Å². The predicted molar refractivity (Wildman–Crippen MR) is 105 cm³/mol. The Morgan fingerprint density at radius 2 is 1.77 bits per heavy atom. The number of hydrogen-bond donors (Lipinski definition) is 2. The van der Waals surface area contributed by atoms with Gasteiger partial charge < -0.3 is 11.1 Å². The van der Waals surface area contributed by atoms with Crippen molar-refractivity contribution in [2.45, 2.75) is 25.8 Å². The van der Waals surface area contributed by atoms with Crippen LogP contribution in [0.5, 0.6) is 0 Å². The Labute approximate surface area is 163 Å². The minimum Gasteiger partial charge on any atom is -0.350 e. The van der Waals surface area contributed by atoms with Gasteiger partial charge in [0.1, 0.15) is 5.56 Å². The molecule has 2 aromatic rings. The second-order valence-corrected chi connectivity index (χ2v) is 6.49. The van der Waals surface area contributed by atoms with Crippen LogP contribution in [0, 0.1) is 10.1 Å². The highest BCUT2D eigenvalue weighted by molar-refractivity contribution is 6.31. The van der Waals surface area contributed by atoms with Crippen LogP contribution in [-0.2, 0) is 0 Å². The van der Waals surface area contributed by atoms with Crippen LogP contribution in [0.4, 0.5) is 5.69 Å². The molecule has 1 atom stereocenters. The van der Waals surface area contributed by atoms with Crippen molar-refractivity contribution in [1.82, 2.24) is 5.32 Å². The van der Waals surface area contributed by atoms with Crippen molar-refractivity contribution in [2.24, 2.45) is 5.73 Å². The summed E-state index contributed by atoms with van der Waals surface area (Å²) in [7, 11) is 0. The van der Waals surface area contributed by atoms with Gasteiger partial charge in [0.05, 0.1) is 4.92 Å². The van der Waals surface area contributed by atoms with E-state index in [0.717, 1.165) is 11.6 Å². The van der Waals surface area contributed by atoms with Crippen LogP contribution in [0.25, 0.3) is 0 Å². The van der Waals surface area contributed by atoms with Crippen LogP contribution in [-0.4, -0.2) is 17.4 Å². The highest BCUT2D eigenvalue weighted by atomic mass is 35.5. The summed E-state index contributed by atoms with van der Waals surface area (Å²) in [5.74, 6) is -0.131. The molecule has 0 aliphatic carbocycles. The van der Waals surface area contributed by atoms with Gasteiger partial charge in [0.2, 0.25) is 0 Å². The molecule has 0 bridgehead atoms. The molecule has 0 heterocycles. The van der Waals surface area contributed by atoms with E-state index in [1.165, 1.54) is 17.7 Å². The van der Waals surface area contributed by atoms with Gasteiger partial charge in [-0.15, -0.1) is 12.4 Å². The fourth-order valence-electron chi connectivity index (χ4n) is 2.39. The summed E-state index contributed by atoms with van der Waals surface area (Å²) >= 11 is 5.75. The first-order valence-corrected chi connectivity index (χ1v) is 8.25. The van der Waals surface area contributed by atoms with Gasteiger partial charge >= 0.3 is 0 Å². The maximum Gasteiger partial charge on any atom is 0.283 e. The van der Waals surface area contributed by atoms with Crippen molar-refractivity contribution in [3.63, 3.8) is 0 Å². The van der Waals surface area contributed by atoms with E-state index >= 15 is 0 Å². The number of rotatable bonds is 6. The minimum absolute atomic E-state index is 0. The van der Waals surface area contributed by atoms with Crippen LogP contribution in [0.2, 0.25) is 5.02 Å². The third kappa shape index (κ3) is 5.42. The quantitative estimate of drug-likeness (QED) is 0.562. The molecule has 140 valence electrons. The first-order chi connectivity index (χ1) is 11.8. The Kier molecular flexibility index (Phi) is 8.02. The number of hydrogen-bond acceptors (Lipinski definition) is 4. The van der Waals surface area contributed by atoms with Crippen molar-refractivity contribution < 1.29 is 9.72 Å². The highest BCUT2D eigenvalue weighted by Gasteiger charge is 2.21. The molecular weight excluding hydrogens is 377 g/mol. The summed E-state index contributed by atoms with van der Waals surface area (Å²) in [4.78, 5) is 22.7. The summed E-state index contributed by atoms with van der Waals surface area (Å²) in [5.41, 5.74) is 7.81.